The molecule has 2 aromatic heterocycles. The number of pyridine rings is 1. The number of fused-ring (bicyclic) bond motifs is 1. The van der Waals surface area contributed by atoms with Gasteiger partial charge in [0.2, 0.25) is 0 Å². The number of nitrogens with zero attached hydrogens (tertiary/aromatic N) is 6. The number of aromatic nitrogens is 4. The van der Waals surface area contributed by atoms with Crippen molar-refractivity contribution in [3.8, 4) is 11.4 Å². The van der Waals surface area contributed by atoms with Gasteiger partial charge in [-0.05, 0) is 105 Å². The van der Waals surface area contributed by atoms with Crippen molar-refractivity contribution in [3.63, 3.8) is 0 Å². The standard InChI is InChI=1S/C42H67N7O9.H2/c1-12-33-42(8)36(49(40(53)58-42)20-16-15-19-48-24-31(45-46-48)30-17-13-14-18-43-30)29(6)44-23-25(2)22-41(7,54-11)37(27(4)34(50)28(5)38(52)56-33)57-39-35(51)32(47(9)10)21-26(3)55-39;/h13-14,17-18,24-29,32-33,35-37,39,44,51H,12,15-16,19-23H2,1-11H3;1H/t25-,26-,27-,28?,29-,32?,33-,35?,36-,37-,39+,41-,42-;/m1./s1. The van der Waals surface area contributed by atoms with Gasteiger partial charge in [0.25, 0.3) is 0 Å². The average Bonchev–Trinajstić information content (AvgIpc) is 3.77. The molecule has 16 nitrogen and oxygen atoms in total. The Hall–Kier alpha value is -3.54. The highest BCUT2D eigenvalue weighted by Gasteiger charge is 2.58. The number of esters is 1. The Morgan fingerprint density at radius 2 is 1.79 bits per heavy atom. The van der Waals surface area contributed by atoms with Gasteiger partial charge < -0.3 is 39.0 Å². The van der Waals surface area contributed by atoms with Gasteiger partial charge in [0.05, 0.1) is 35.7 Å². The zero-order valence-corrected chi connectivity index (χ0v) is 36.3. The number of Topliss-reactive ketones (excluding diaryl/α,β-unsaturated/α-hetero) is 1. The number of methoxy groups -OCH3 is 1. The van der Waals surface area contributed by atoms with Crippen LogP contribution < -0.4 is 5.32 Å². The van der Waals surface area contributed by atoms with E-state index in [0.29, 0.717) is 51.0 Å². The normalized spacial score (nSPS) is 36.9. The van der Waals surface area contributed by atoms with E-state index >= 15 is 0 Å². The number of carbonyl (C=O) groups excluding carboxylic acids is 3. The number of aliphatic hydroxyl groups excluding tert-OH is 1. The van der Waals surface area contributed by atoms with Crippen LogP contribution in [0.2, 0.25) is 0 Å². The van der Waals surface area contributed by atoms with Crippen LogP contribution >= 0.6 is 0 Å². The van der Waals surface area contributed by atoms with Gasteiger partial charge >= 0.3 is 12.1 Å². The fraction of sp³-hybridized carbons (Fsp3) is 0.762. The van der Waals surface area contributed by atoms with Crippen LogP contribution in [0.4, 0.5) is 4.79 Å². The molecule has 3 aliphatic rings. The molecular weight excluding hydrogens is 747 g/mol. The van der Waals surface area contributed by atoms with Crippen LogP contribution in [0.3, 0.4) is 0 Å². The van der Waals surface area contributed by atoms with Crippen LogP contribution in [-0.2, 0) is 39.8 Å². The van der Waals surface area contributed by atoms with E-state index in [2.05, 4.69) is 27.5 Å². The van der Waals surface area contributed by atoms with Crippen molar-refractivity contribution in [1.29, 1.82) is 0 Å². The van der Waals surface area contributed by atoms with E-state index in [-0.39, 0.29) is 25.5 Å². The Labute approximate surface area is 345 Å². The maximum absolute atomic E-state index is 14.4. The smallest absolute Gasteiger partial charge is 0.410 e. The first-order valence-electron chi connectivity index (χ1n) is 20.9. The van der Waals surface area contributed by atoms with E-state index in [9.17, 15) is 19.5 Å². The molecule has 13 atom stereocenters. The van der Waals surface area contributed by atoms with Crippen LogP contribution in [-0.4, -0.2) is 147 Å². The number of rotatable bonds is 11. The number of aryl methyl sites for hydroxylation is 1. The van der Waals surface area contributed by atoms with Crippen LogP contribution in [0.5, 0.6) is 0 Å². The summed E-state index contributed by atoms with van der Waals surface area (Å²) in [6.45, 7) is 16.4. The molecule has 0 saturated carbocycles. The van der Waals surface area contributed by atoms with E-state index in [1.165, 1.54) is 6.92 Å². The summed E-state index contributed by atoms with van der Waals surface area (Å²) in [6, 6.07) is 4.61. The molecule has 58 heavy (non-hydrogen) atoms. The minimum absolute atomic E-state index is 0. The van der Waals surface area contributed by atoms with Gasteiger partial charge in [-0.25, -0.2) is 4.79 Å². The number of ketones is 1. The van der Waals surface area contributed by atoms with Crippen molar-refractivity contribution in [2.45, 2.75) is 154 Å². The van der Waals surface area contributed by atoms with Gasteiger partial charge in [-0.3, -0.25) is 24.2 Å². The Bertz CT molecular complexity index is 1690. The molecule has 3 saturated heterocycles. The molecule has 0 aliphatic carbocycles. The lowest BCUT2D eigenvalue weighted by Crippen LogP contribution is -2.61. The highest BCUT2D eigenvalue weighted by molar-refractivity contribution is 6.00. The molecular formula is C42H69N7O9. The van der Waals surface area contributed by atoms with Crippen molar-refractivity contribution in [3.05, 3.63) is 30.6 Å². The minimum Gasteiger partial charge on any atom is -0.458 e. The molecule has 326 valence electrons. The van der Waals surface area contributed by atoms with Crippen molar-refractivity contribution < 1.29 is 44.6 Å². The molecule has 3 aliphatic heterocycles. The third-order valence-corrected chi connectivity index (χ3v) is 12.6. The molecule has 2 N–H and O–H groups in total. The first-order chi connectivity index (χ1) is 27.4. The van der Waals surface area contributed by atoms with Gasteiger partial charge in [-0.1, -0.05) is 32.1 Å². The van der Waals surface area contributed by atoms with Crippen LogP contribution in [0.1, 0.15) is 88.9 Å². The zero-order chi connectivity index (χ0) is 42.5. The van der Waals surface area contributed by atoms with Gasteiger partial charge in [-0.2, -0.15) is 0 Å². The molecule has 0 radical (unpaired) electrons. The molecule has 16 heteroatoms. The molecule has 3 unspecified atom stereocenters. The summed E-state index contributed by atoms with van der Waals surface area (Å²) in [7, 11) is 5.39. The van der Waals surface area contributed by atoms with E-state index < -0.39 is 71.5 Å². The number of hydrogen-bond donors (Lipinski definition) is 2. The first kappa shape index (κ1) is 45.5. The summed E-state index contributed by atoms with van der Waals surface area (Å²) in [6.07, 6.45) is 1.92. The number of hydrogen-bond acceptors (Lipinski definition) is 14. The molecule has 3 fully saturated rings. The number of amides is 1. The zero-order valence-electron chi connectivity index (χ0n) is 36.3. The summed E-state index contributed by atoms with van der Waals surface area (Å²) in [5.41, 5.74) is -0.833. The number of unbranched alkanes of at least 4 members (excludes halogenated alkanes) is 1. The predicted molar refractivity (Wildman–Crippen MR) is 217 cm³/mol. The molecule has 2 aromatic rings. The van der Waals surface area contributed by atoms with E-state index in [1.807, 2.05) is 78.0 Å². The Morgan fingerprint density at radius 1 is 1.07 bits per heavy atom. The first-order valence-corrected chi connectivity index (χ1v) is 20.9. The highest BCUT2D eigenvalue weighted by atomic mass is 16.7. The third kappa shape index (κ3) is 9.90. The predicted octanol–water partition coefficient (Wildman–Crippen LogP) is 4.34. The topological polar surface area (TPSA) is 180 Å². The largest absolute Gasteiger partial charge is 0.458 e. The second-order valence-electron chi connectivity index (χ2n) is 17.4. The second kappa shape index (κ2) is 19.2. The number of carbonyl (C=O) groups is 3. The lowest BCUT2D eigenvalue weighted by Gasteiger charge is -2.46. The summed E-state index contributed by atoms with van der Waals surface area (Å²) >= 11 is 0. The SMILES string of the molecule is CC[C@H]1OC(=O)C(C)C(=O)[C@@H](C)[C@@H](O[C@@H]2O[C@H](C)CC(N(C)C)C2O)[C@](C)(OC)C[C@@H](C)CN[C@H](C)[C@H]2N(CCCCn3cc(-c4ccccn4)nn3)C(=O)O[C@]12C.[HH]. The highest BCUT2D eigenvalue weighted by Crippen LogP contribution is 2.40. The maximum Gasteiger partial charge on any atom is 0.410 e. The summed E-state index contributed by atoms with van der Waals surface area (Å²) in [5, 5.41) is 23.6. The fourth-order valence-electron chi connectivity index (χ4n) is 9.25. The Morgan fingerprint density at radius 3 is 2.45 bits per heavy atom. The quantitative estimate of drug-likeness (QED) is 0.186. The number of aliphatic hydroxyl groups is 1. The number of cyclic esters (lactones) is 1. The van der Waals surface area contributed by atoms with Gasteiger partial charge in [0.1, 0.15) is 23.8 Å². The third-order valence-electron chi connectivity index (χ3n) is 12.6. The van der Waals surface area contributed by atoms with Crippen LogP contribution in [0.15, 0.2) is 30.6 Å². The van der Waals surface area contributed by atoms with Gasteiger partial charge in [-0.15, -0.1) is 5.10 Å². The molecule has 0 bridgehead atoms. The molecule has 5 rings (SSSR count). The van der Waals surface area contributed by atoms with E-state index in [1.54, 1.807) is 29.8 Å². The minimum atomic E-state index is -1.23. The summed E-state index contributed by atoms with van der Waals surface area (Å²) < 4.78 is 33.3. The second-order valence-corrected chi connectivity index (χ2v) is 17.4. The van der Waals surface area contributed by atoms with Gasteiger partial charge in [0.15, 0.2) is 17.7 Å². The van der Waals surface area contributed by atoms with E-state index in [0.717, 1.165) is 12.1 Å². The lowest BCUT2D eigenvalue weighted by molar-refractivity contribution is -0.295. The molecule has 5 heterocycles. The molecule has 1 amide bonds. The number of nitrogens with one attached hydrogen (secondary N) is 1. The number of ether oxygens (including phenoxy) is 5. The van der Waals surface area contributed by atoms with Crippen molar-refractivity contribution >= 4 is 17.8 Å². The Balaban J connectivity index is 0.00000769. The van der Waals surface area contributed by atoms with Crippen LogP contribution in [0, 0.1) is 17.8 Å². The fourth-order valence-corrected chi connectivity index (χ4v) is 9.25. The lowest BCUT2D eigenvalue weighted by atomic mass is 9.78. The molecule has 0 aromatic carbocycles. The molecule has 0 spiro atoms. The number of likely N-dealkylation sites (N-methyl/N-ethyl adjacent to an activating group) is 1. The summed E-state index contributed by atoms with van der Waals surface area (Å²) in [5.74, 6) is -3.15. The average molecular weight is 816 g/mol. The van der Waals surface area contributed by atoms with Gasteiger partial charge in [0, 0.05) is 45.8 Å². The van der Waals surface area contributed by atoms with E-state index in [4.69, 9.17) is 23.7 Å². The monoisotopic (exact) mass is 816 g/mol. The Kier molecular flexibility index (Phi) is 15.1. The van der Waals surface area contributed by atoms with Crippen molar-refractivity contribution in [2.75, 3.05) is 34.3 Å². The maximum atomic E-state index is 14.4. The van der Waals surface area contributed by atoms with Crippen molar-refractivity contribution in [2.24, 2.45) is 17.8 Å². The van der Waals surface area contributed by atoms with Crippen molar-refractivity contribution in [1.82, 2.24) is 35.1 Å². The summed E-state index contributed by atoms with van der Waals surface area (Å²) in [4.78, 5) is 50.2. The van der Waals surface area contributed by atoms with Crippen LogP contribution in [0.25, 0.3) is 11.4 Å².